The van der Waals surface area contributed by atoms with Crippen molar-refractivity contribution in [3.8, 4) is 0 Å². The number of hydrogen-bond donors (Lipinski definition) is 0. The highest BCUT2D eigenvalue weighted by atomic mass is 79.9. The molecule has 246 valence electrons. The monoisotopic (exact) mass is 670 g/mol. The van der Waals surface area contributed by atoms with E-state index in [1.54, 1.807) is 0 Å². The number of carbonyl (C=O) groups excluding carboxylic acids is 2. The molecule has 0 radical (unpaired) electrons. The molecule has 43 heavy (non-hydrogen) atoms. The molecule has 4 saturated heterocycles. The molecular formula is C34H55BrO8. The van der Waals surface area contributed by atoms with Gasteiger partial charge in [0.25, 0.3) is 0 Å². The molecule has 0 aromatic heterocycles. The lowest BCUT2D eigenvalue weighted by molar-refractivity contribution is -0.284. The van der Waals surface area contributed by atoms with Crippen molar-refractivity contribution in [3.05, 3.63) is 11.6 Å². The predicted octanol–water partition coefficient (Wildman–Crippen LogP) is 7.13. The number of esters is 2. The molecule has 0 spiro atoms. The second-order valence-electron chi connectivity index (χ2n) is 15.1. The molecule has 4 aliphatic rings. The maximum absolute atomic E-state index is 12.1. The summed E-state index contributed by atoms with van der Waals surface area (Å²) in [4.78, 5) is 24.1. The Morgan fingerprint density at radius 3 is 2.16 bits per heavy atom. The van der Waals surface area contributed by atoms with Gasteiger partial charge in [0.2, 0.25) is 0 Å². The summed E-state index contributed by atoms with van der Waals surface area (Å²) in [7, 11) is 0. The van der Waals surface area contributed by atoms with E-state index in [0.717, 1.165) is 44.1 Å². The van der Waals surface area contributed by atoms with Crippen LogP contribution in [-0.2, 0) is 38.0 Å². The summed E-state index contributed by atoms with van der Waals surface area (Å²) in [6, 6.07) is 0. The van der Waals surface area contributed by atoms with Crippen LogP contribution in [0.2, 0.25) is 0 Å². The molecule has 9 atom stereocenters. The number of ether oxygens (including phenoxy) is 6. The predicted molar refractivity (Wildman–Crippen MR) is 168 cm³/mol. The van der Waals surface area contributed by atoms with E-state index >= 15 is 0 Å². The average Bonchev–Trinajstić information content (AvgIpc) is 3.31. The summed E-state index contributed by atoms with van der Waals surface area (Å²) >= 11 is 3.80. The van der Waals surface area contributed by atoms with Crippen molar-refractivity contribution in [3.63, 3.8) is 0 Å². The van der Waals surface area contributed by atoms with Crippen LogP contribution < -0.4 is 0 Å². The average molecular weight is 672 g/mol. The third-order valence-electron chi connectivity index (χ3n) is 10.5. The summed E-state index contributed by atoms with van der Waals surface area (Å²) in [5.41, 5.74) is -1.24. The molecule has 0 aromatic rings. The topological polar surface area (TPSA) is 89.5 Å². The van der Waals surface area contributed by atoms with Crippen LogP contribution >= 0.6 is 15.9 Å². The van der Waals surface area contributed by atoms with Crippen molar-refractivity contribution >= 4 is 27.9 Å². The van der Waals surface area contributed by atoms with Gasteiger partial charge < -0.3 is 28.4 Å². The highest BCUT2D eigenvalue weighted by molar-refractivity contribution is 9.09. The summed E-state index contributed by atoms with van der Waals surface area (Å²) in [6.07, 6.45) is 9.01. The zero-order valence-electron chi connectivity index (χ0n) is 28.0. The van der Waals surface area contributed by atoms with E-state index in [2.05, 4.69) is 56.6 Å². The van der Waals surface area contributed by atoms with Gasteiger partial charge in [0.15, 0.2) is 0 Å². The zero-order chi connectivity index (χ0) is 32.0. The summed E-state index contributed by atoms with van der Waals surface area (Å²) < 4.78 is 38.1. The van der Waals surface area contributed by atoms with Crippen molar-refractivity contribution in [2.45, 2.75) is 190 Å². The number of halogens is 1. The second kappa shape index (κ2) is 12.7. The molecular weight excluding hydrogens is 616 g/mol. The lowest BCUT2D eigenvalue weighted by Gasteiger charge is -2.55. The van der Waals surface area contributed by atoms with E-state index in [9.17, 15) is 9.59 Å². The Morgan fingerprint density at radius 1 is 0.884 bits per heavy atom. The molecule has 0 bridgehead atoms. The second-order valence-corrected chi connectivity index (χ2v) is 16.2. The fourth-order valence-electron chi connectivity index (χ4n) is 7.73. The van der Waals surface area contributed by atoms with Gasteiger partial charge in [-0.15, -0.1) is 0 Å². The smallest absolute Gasteiger partial charge is 0.303 e. The summed E-state index contributed by atoms with van der Waals surface area (Å²) in [5.74, 6) is -0.680. The Bertz CT molecular complexity index is 1070. The van der Waals surface area contributed by atoms with Crippen LogP contribution in [0.15, 0.2) is 11.6 Å². The first kappa shape index (κ1) is 34.9. The first-order chi connectivity index (χ1) is 19.8. The Morgan fingerprint density at radius 2 is 1.53 bits per heavy atom. The van der Waals surface area contributed by atoms with Crippen molar-refractivity contribution in [1.29, 1.82) is 0 Å². The molecule has 4 rings (SSSR count). The molecule has 0 saturated carbocycles. The fraction of sp³-hybridized carbons (Fsp3) is 0.882. The van der Waals surface area contributed by atoms with Crippen LogP contribution in [0.5, 0.6) is 0 Å². The minimum atomic E-state index is -0.772. The normalized spacial score (nSPS) is 40.8. The number of hydrogen-bond acceptors (Lipinski definition) is 8. The van der Waals surface area contributed by atoms with Gasteiger partial charge in [0.1, 0.15) is 17.3 Å². The largest absolute Gasteiger partial charge is 0.459 e. The Balaban J connectivity index is 1.39. The summed E-state index contributed by atoms with van der Waals surface area (Å²) in [5, 5.41) is 0. The SMILES string of the molecule is CC(=O)O[C@@H](C/C=C(\C)[C@H]1CC[C@H]2O[C@@H]([C@]3(C)CC[C@@H](Br)C(C)(C)O3)CC[C@]2(C)O1)[C@@]1(C)CC[C@H](C(C)(C)OC(C)=O)O1. The minimum Gasteiger partial charge on any atom is -0.459 e. The third kappa shape index (κ3) is 7.70. The molecule has 4 heterocycles. The quantitative estimate of drug-likeness (QED) is 0.153. The highest BCUT2D eigenvalue weighted by Gasteiger charge is 2.54. The van der Waals surface area contributed by atoms with Gasteiger partial charge in [-0.1, -0.05) is 22.0 Å². The highest BCUT2D eigenvalue weighted by Crippen LogP contribution is 2.48. The molecule has 0 aromatic carbocycles. The van der Waals surface area contributed by atoms with Crippen LogP contribution in [0.3, 0.4) is 0 Å². The van der Waals surface area contributed by atoms with Crippen LogP contribution in [0, 0.1) is 0 Å². The molecule has 4 fully saturated rings. The maximum atomic E-state index is 12.1. The van der Waals surface area contributed by atoms with E-state index in [1.165, 1.54) is 13.8 Å². The van der Waals surface area contributed by atoms with Gasteiger partial charge in [-0.3, -0.25) is 9.59 Å². The third-order valence-corrected chi connectivity index (χ3v) is 12.0. The molecule has 0 unspecified atom stereocenters. The molecule has 0 aliphatic carbocycles. The first-order valence-corrected chi connectivity index (χ1v) is 17.1. The number of fused-ring (bicyclic) bond motifs is 1. The lowest BCUT2D eigenvalue weighted by atomic mass is 9.76. The maximum Gasteiger partial charge on any atom is 0.303 e. The van der Waals surface area contributed by atoms with E-state index in [0.29, 0.717) is 24.1 Å². The van der Waals surface area contributed by atoms with Crippen LogP contribution in [0.25, 0.3) is 0 Å². The number of alkyl halides is 1. The molecule has 4 aliphatic heterocycles. The van der Waals surface area contributed by atoms with E-state index in [1.807, 2.05) is 20.8 Å². The van der Waals surface area contributed by atoms with Crippen LogP contribution in [0.1, 0.15) is 127 Å². The zero-order valence-corrected chi connectivity index (χ0v) is 29.6. The van der Waals surface area contributed by atoms with E-state index in [-0.39, 0.29) is 53.2 Å². The molecule has 0 amide bonds. The number of rotatable bonds is 8. The van der Waals surface area contributed by atoms with Gasteiger partial charge in [-0.2, -0.15) is 0 Å². The van der Waals surface area contributed by atoms with Gasteiger partial charge in [-0.05, 0) is 112 Å². The van der Waals surface area contributed by atoms with Gasteiger partial charge in [0.05, 0.1) is 41.2 Å². The van der Waals surface area contributed by atoms with Crippen molar-refractivity contribution in [2.24, 2.45) is 0 Å². The van der Waals surface area contributed by atoms with E-state index in [4.69, 9.17) is 28.4 Å². The number of carbonyl (C=O) groups is 2. The fourth-order valence-corrected chi connectivity index (χ4v) is 8.05. The van der Waals surface area contributed by atoms with Crippen molar-refractivity contribution < 1.29 is 38.0 Å². The first-order valence-electron chi connectivity index (χ1n) is 16.2. The lowest BCUT2D eigenvalue weighted by Crippen LogP contribution is -2.62. The van der Waals surface area contributed by atoms with Crippen molar-refractivity contribution in [2.75, 3.05) is 0 Å². The van der Waals surface area contributed by atoms with E-state index < -0.39 is 17.3 Å². The van der Waals surface area contributed by atoms with Gasteiger partial charge in [-0.25, -0.2) is 0 Å². The van der Waals surface area contributed by atoms with Crippen LogP contribution in [0.4, 0.5) is 0 Å². The van der Waals surface area contributed by atoms with Gasteiger partial charge in [0, 0.05) is 25.1 Å². The Kier molecular flexibility index (Phi) is 10.3. The minimum absolute atomic E-state index is 0.0256. The van der Waals surface area contributed by atoms with Gasteiger partial charge >= 0.3 is 11.9 Å². The Hall–Kier alpha value is -1.00. The molecule has 8 nitrogen and oxygen atoms in total. The molecule has 9 heteroatoms. The summed E-state index contributed by atoms with van der Waals surface area (Å²) in [6.45, 7) is 19.4. The molecule has 0 N–H and O–H groups in total. The van der Waals surface area contributed by atoms with Crippen LogP contribution in [-0.4, -0.2) is 75.3 Å². The Labute approximate surface area is 267 Å². The standard InChI is InChI=1S/C34H55BrO8/c1-21(11-13-27(38-22(2)36)33(9)19-16-26(42-33)31(6,7)40-23(3)37)24-12-14-28-32(8,41-24)20-17-29(39-28)34(10)18-15-25(35)30(4,5)43-34/h11,24-29H,12-20H2,1-10H3/b21-11+/t24-,25-,26-,27+,28-,29-,32+,33-,34+/m1/s1. The van der Waals surface area contributed by atoms with Crippen molar-refractivity contribution in [1.82, 2.24) is 0 Å².